The number of ether oxygens (including phenoxy) is 1. The number of morpholine rings is 1. The molecule has 4 rings (SSSR count). The highest BCUT2D eigenvalue weighted by Crippen LogP contribution is 2.36. The van der Waals surface area contributed by atoms with E-state index in [-0.39, 0.29) is 23.4 Å². The van der Waals surface area contributed by atoms with Crippen LogP contribution in [0.5, 0.6) is 0 Å². The number of benzene rings is 1. The molecule has 0 radical (unpaired) electrons. The molecule has 1 atom stereocenters. The average molecular weight is 364 g/mol. The lowest BCUT2D eigenvalue weighted by atomic mass is 9.98. The molecular formula is C17H15F3N4O2. The van der Waals surface area contributed by atoms with E-state index in [2.05, 4.69) is 15.3 Å². The molecule has 2 N–H and O–H groups in total. The van der Waals surface area contributed by atoms with Gasteiger partial charge < -0.3 is 19.6 Å². The molecule has 136 valence electrons. The molecule has 0 spiro atoms. The van der Waals surface area contributed by atoms with Crippen molar-refractivity contribution in [2.24, 2.45) is 0 Å². The third-order valence-corrected chi connectivity index (χ3v) is 4.40. The van der Waals surface area contributed by atoms with E-state index in [0.29, 0.717) is 24.2 Å². The lowest BCUT2D eigenvalue weighted by Crippen LogP contribution is -2.35. The second-order valence-electron chi connectivity index (χ2n) is 6.01. The maximum atomic E-state index is 13.7. The van der Waals surface area contributed by atoms with Crippen LogP contribution in [0.3, 0.4) is 0 Å². The first-order valence-corrected chi connectivity index (χ1v) is 8.02. The SMILES string of the molecule is O=c1[nH]cnc2c1ccn2-c1ccc([C@H]2COCCN2)c(C(F)(F)F)c1. The summed E-state index contributed by atoms with van der Waals surface area (Å²) >= 11 is 0. The summed E-state index contributed by atoms with van der Waals surface area (Å²) in [6.45, 7) is 1.16. The number of fused-ring (bicyclic) bond motifs is 1. The molecule has 1 aliphatic heterocycles. The standard InChI is InChI=1S/C17H15F3N4O2/c18-17(19,20)13-7-10(1-2-11(13)14-8-26-6-4-21-14)24-5-3-12-15(24)22-9-23-16(12)25/h1-3,5,7,9,14,21H,4,6,8H2,(H,22,23,25)/t14-/m1/s1. The Morgan fingerprint density at radius 2 is 2.12 bits per heavy atom. The van der Waals surface area contributed by atoms with Gasteiger partial charge in [0, 0.05) is 18.4 Å². The van der Waals surface area contributed by atoms with Crippen molar-refractivity contribution in [3.63, 3.8) is 0 Å². The lowest BCUT2D eigenvalue weighted by Gasteiger charge is -2.27. The van der Waals surface area contributed by atoms with Crippen molar-refractivity contribution in [3.05, 3.63) is 58.3 Å². The molecule has 1 fully saturated rings. The van der Waals surface area contributed by atoms with Crippen LogP contribution >= 0.6 is 0 Å². The zero-order chi connectivity index (χ0) is 18.3. The average Bonchev–Trinajstić information content (AvgIpc) is 3.07. The fourth-order valence-electron chi connectivity index (χ4n) is 3.18. The first-order valence-electron chi connectivity index (χ1n) is 8.02. The lowest BCUT2D eigenvalue weighted by molar-refractivity contribution is -0.138. The van der Waals surface area contributed by atoms with Gasteiger partial charge in [-0.2, -0.15) is 13.2 Å². The van der Waals surface area contributed by atoms with E-state index >= 15 is 0 Å². The summed E-state index contributed by atoms with van der Waals surface area (Å²) in [7, 11) is 0. The summed E-state index contributed by atoms with van der Waals surface area (Å²) in [5.41, 5.74) is -0.350. The first-order chi connectivity index (χ1) is 12.4. The molecule has 0 saturated carbocycles. The zero-order valence-electron chi connectivity index (χ0n) is 13.5. The van der Waals surface area contributed by atoms with Crippen molar-refractivity contribution in [3.8, 4) is 5.69 Å². The highest BCUT2D eigenvalue weighted by molar-refractivity contribution is 5.76. The highest BCUT2D eigenvalue weighted by atomic mass is 19.4. The predicted octanol–water partition coefficient (Wildman–Crippen LogP) is 2.39. The van der Waals surface area contributed by atoms with E-state index in [1.54, 1.807) is 6.07 Å². The number of rotatable bonds is 2. The number of hydrogen-bond acceptors (Lipinski definition) is 4. The number of aromatic amines is 1. The van der Waals surface area contributed by atoms with Gasteiger partial charge in [0.15, 0.2) is 5.65 Å². The number of alkyl halides is 3. The Hall–Kier alpha value is -2.65. The third-order valence-electron chi connectivity index (χ3n) is 4.40. The Morgan fingerprint density at radius 3 is 2.85 bits per heavy atom. The topological polar surface area (TPSA) is 71.9 Å². The van der Waals surface area contributed by atoms with Crippen LogP contribution in [-0.4, -0.2) is 34.3 Å². The Labute approximate surface area is 145 Å². The van der Waals surface area contributed by atoms with E-state index in [0.717, 1.165) is 6.07 Å². The van der Waals surface area contributed by atoms with Crippen LogP contribution in [0.1, 0.15) is 17.2 Å². The molecule has 0 bridgehead atoms. The van der Waals surface area contributed by atoms with Gasteiger partial charge in [-0.1, -0.05) is 6.07 Å². The molecule has 1 aliphatic rings. The van der Waals surface area contributed by atoms with Crippen molar-refractivity contribution >= 4 is 11.0 Å². The monoisotopic (exact) mass is 364 g/mol. The molecule has 9 heteroatoms. The molecule has 1 aromatic carbocycles. The fourth-order valence-corrected chi connectivity index (χ4v) is 3.18. The molecule has 0 unspecified atom stereocenters. The van der Waals surface area contributed by atoms with E-state index < -0.39 is 17.8 Å². The number of hydrogen-bond donors (Lipinski definition) is 2. The van der Waals surface area contributed by atoms with Crippen LogP contribution in [0.15, 0.2) is 41.6 Å². The van der Waals surface area contributed by atoms with Crippen molar-refractivity contribution in [1.29, 1.82) is 0 Å². The van der Waals surface area contributed by atoms with Crippen LogP contribution in [0, 0.1) is 0 Å². The van der Waals surface area contributed by atoms with Crippen LogP contribution < -0.4 is 10.9 Å². The largest absolute Gasteiger partial charge is 0.416 e. The smallest absolute Gasteiger partial charge is 0.378 e. The van der Waals surface area contributed by atoms with Gasteiger partial charge in [-0.25, -0.2) is 4.98 Å². The molecule has 6 nitrogen and oxygen atoms in total. The number of halogens is 3. The Morgan fingerprint density at radius 1 is 1.27 bits per heavy atom. The molecule has 3 heterocycles. The summed E-state index contributed by atoms with van der Waals surface area (Å²) in [6, 6.07) is 5.12. The van der Waals surface area contributed by atoms with Crippen molar-refractivity contribution < 1.29 is 17.9 Å². The van der Waals surface area contributed by atoms with E-state index in [4.69, 9.17) is 4.74 Å². The van der Waals surface area contributed by atoms with Crippen LogP contribution in [0.2, 0.25) is 0 Å². The molecule has 0 aliphatic carbocycles. The first kappa shape index (κ1) is 16.8. The number of nitrogens with one attached hydrogen (secondary N) is 2. The van der Waals surface area contributed by atoms with Crippen molar-refractivity contribution in [2.45, 2.75) is 12.2 Å². The van der Waals surface area contributed by atoms with Crippen molar-refractivity contribution in [1.82, 2.24) is 19.9 Å². The minimum atomic E-state index is -4.52. The van der Waals surface area contributed by atoms with Crippen LogP contribution in [0.4, 0.5) is 13.2 Å². The van der Waals surface area contributed by atoms with Crippen LogP contribution in [-0.2, 0) is 10.9 Å². The fraction of sp³-hybridized carbons (Fsp3) is 0.294. The second kappa shape index (κ2) is 6.26. The summed E-state index contributed by atoms with van der Waals surface area (Å²) in [5.74, 6) is 0. The van der Waals surface area contributed by atoms with Gasteiger partial charge >= 0.3 is 6.18 Å². The normalized spacial score (nSPS) is 18.3. The number of aromatic nitrogens is 3. The maximum Gasteiger partial charge on any atom is 0.416 e. The van der Waals surface area contributed by atoms with Gasteiger partial charge in [0.2, 0.25) is 0 Å². The van der Waals surface area contributed by atoms with E-state index in [9.17, 15) is 18.0 Å². The Balaban J connectivity index is 1.85. The highest BCUT2D eigenvalue weighted by Gasteiger charge is 2.36. The predicted molar refractivity (Wildman–Crippen MR) is 88.3 cm³/mol. The molecule has 3 aromatic rings. The van der Waals surface area contributed by atoms with Gasteiger partial charge in [0.05, 0.1) is 36.5 Å². The molecule has 2 aromatic heterocycles. The molecule has 26 heavy (non-hydrogen) atoms. The number of H-pyrrole nitrogens is 1. The van der Waals surface area contributed by atoms with Crippen molar-refractivity contribution in [2.75, 3.05) is 19.8 Å². The number of nitrogens with zero attached hydrogens (tertiary/aromatic N) is 2. The summed E-state index contributed by atoms with van der Waals surface area (Å²) in [5, 5.41) is 3.36. The van der Waals surface area contributed by atoms with Gasteiger partial charge in [0.1, 0.15) is 0 Å². The van der Waals surface area contributed by atoms with E-state index in [1.807, 2.05) is 0 Å². The zero-order valence-corrected chi connectivity index (χ0v) is 13.5. The summed E-state index contributed by atoms with van der Waals surface area (Å²) in [6.07, 6.45) is -1.76. The summed E-state index contributed by atoms with van der Waals surface area (Å²) in [4.78, 5) is 18.3. The van der Waals surface area contributed by atoms with Gasteiger partial charge in [-0.3, -0.25) is 4.79 Å². The Kier molecular flexibility index (Phi) is 4.04. The minimum absolute atomic E-state index is 0.142. The molecule has 0 amide bonds. The maximum absolute atomic E-state index is 13.7. The molecular weight excluding hydrogens is 349 g/mol. The van der Waals surface area contributed by atoms with E-state index in [1.165, 1.54) is 29.2 Å². The second-order valence-corrected chi connectivity index (χ2v) is 6.01. The third kappa shape index (κ3) is 2.89. The summed E-state index contributed by atoms with van der Waals surface area (Å²) < 4.78 is 47.7. The van der Waals surface area contributed by atoms with Gasteiger partial charge in [-0.05, 0) is 23.8 Å². The van der Waals surface area contributed by atoms with Gasteiger partial charge in [-0.15, -0.1) is 0 Å². The quantitative estimate of drug-likeness (QED) is 0.733. The van der Waals surface area contributed by atoms with Gasteiger partial charge in [0.25, 0.3) is 5.56 Å². The molecule has 1 saturated heterocycles. The van der Waals surface area contributed by atoms with Crippen LogP contribution in [0.25, 0.3) is 16.7 Å². The minimum Gasteiger partial charge on any atom is -0.378 e. The Bertz CT molecular complexity index is 1000.